The molecule has 0 spiro atoms. The molecule has 1 aliphatic heterocycles. The van der Waals surface area contributed by atoms with E-state index in [1.54, 1.807) is 18.2 Å². The van der Waals surface area contributed by atoms with Crippen molar-refractivity contribution in [2.24, 2.45) is 0 Å². The van der Waals surface area contributed by atoms with Crippen LogP contribution < -0.4 is 14.8 Å². The minimum atomic E-state index is -0.883. The van der Waals surface area contributed by atoms with Crippen molar-refractivity contribution in [3.63, 3.8) is 0 Å². The van der Waals surface area contributed by atoms with Gasteiger partial charge in [0, 0.05) is 0 Å². The van der Waals surface area contributed by atoms with Crippen LogP contribution in [-0.4, -0.2) is 31.2 Å². The zero-order valence-corrected chi connectivity index (χ0v) is 15.4. The number of esters is 1. The zero-order chi connectivity index (χ0) is 19.2. The number of fused-ring (bicyclic) bond motifs is 1. The molecule has 3 rings (SSSR count). The second-order valence-corrected chi connectivity index (χ2v) is 6.41. The molecular formula is C21H23NO5. The molecule has 0 unspecified atom stereocenters. The summed E-state index contributed by atoms with van der Waals surface area (Å²) in [5.41, 5.74) is 2.17. The van der Waals surface area contributed by atoms with E-state index in [2.05, 4.69) is 5.32 Å². The minimum absolute atomic E-state index is 0.0540. The van der Waals surface area contributed by atoms with E-state index in [9.17, 15) is 9.59 Å². The highest BCUT2D eigenvalue weighted by Crippen LogP contribution is 2.31. The van der Waals surface area contributed by atoms with Gasteiger partial charge in [-0.2, -0.15) is 0 Å². The fraction of sp³-hybridized carbons (Fsp3) is 0.333. The van der Waals surface area contributed by atoms with Gasteiger partial charge in [-0.1, -0.05) is 48.9 Å². The number of hydrogen-bond acceptors (Lipinski definition) is 5. The van der Waals surface area contributed by atoms with Gasteiger partial charge >= 0.3 is 5.97 Å². The third kappa shape index (κ3) is 4.78. The van der Waals surface area contributed by atoms with Crippen LogP contribution in [0.2, 0.25) is 0 Å². The Kier molecular flexibility index (Phi) is 5.96. The Morgan fingerprint density at radius 1 is 1.15 bits per heavy atom. The van der Waals surface area contributed by atoms with Crippen LogP contribution >= 0.6 is 0 Å². The molecule has 1 N–H and O–H groups in total. The normalized spacial score (nSPS) is 16.3. The van der Waals surface area contributed by atoms with Crippen molar-refractivity contribution in [2.75, 3.05) is 13.2 Å². The lowest BCUT2D eigenvalue weighted by molar-refractivity contribution is -0.157. The number of carbonyl (C=O) groups is 2. The minimum Gasteiger partial charge on any atom is -0.485 e. The van der Waals surface area contributed by atoms with Crippen molar-refractivity contribution in [1.82, 2.24) is 5.32 Å². The first-order valence-electron chi connectivity index (χ1n) is 8.98. The number of rotatable bonds is 6. The molecule has 0 aromatic heterocycles. The molecule has 1 heterocycles. The van der Waals surface area contributed by atoms with Gasteiger partial charge in [-0.05, 0) is 31.0 Å². The van der Waals surface area contributed by atoms with Crippen LogP contribution in [0.15, 0.2) is 48.5 Å². The van der Waals surface area contributed by atoms with Crippen LogP contribution in [0, 0.1) is 6.92 Å². The number of hydrogen-bond donors (Lipinski definition) is 1. The molecule has 2 aromatic rings. The van der Waals surface area contributed by atoms with Crippen molar-refractivity contribution in [1.29, 1.82) is 0 Å². The SMILES string of the molecule is CC[C@H](NC(=O)COC(=O)[C@H]1COc2ccccc2O1)c1ccc(C)cc1. The average Bonchev–Trinajstić information content (AvgIpc) is 2.70. The van der Waals surface area contributed by atoms with E-state index in [0.717, 1.165) is 17.5 Å². The van der Waals surface area contributed by atoms with Crippen LogP contribution in [0.3, 0.4) is 0 Å². The fourth-order valence-electron chi connectivity index (χ4n) is 2.82. The highest BCUT2D eigenvalue weighted by atomic mass is 16.6. The second-order valence-electron chi connectivity index (χ2n) is 6.41. The molecule has 1 aliphatic rings. The molecule has 0 radical (unpaired) electrons. The van der Waals surface area contributed by atoms with Crippen LogP contribution in [0.25, 0.3) is 0 Å². The second kappa shape index (κ2) is 8.58. The summed E-state index contributed by atoms with van der Waals surface area (Å²) in [6, 6.07) is 14.9. The van der Waals surface area contributed by atoms with E-state index in [-0.39, 0.29) is 25.2 Å². The topological polar surface area (TPSA) is 73.9 Å². The van der Waals surface area contributed by atoms with E-state index in [1.807, 2.05) is 44.2 Å². The number of benzene rings is 2. The average molecular weight is 369 g/mol. The Labute approximate surface area is 158 Å². The molecule has 0 fully saturated rings. The van der Waals surface area contributed by atoms with Gasteiger partial charge in [0.25, 0.3) is 5.91 Å². The summed E-state index contributed by atoms with van der Waals surface area (Å²) < 4.78 is 16.2. The number of carbonyl (C=O) groups excluding carboxylic acids is 2. The molecule has 2 atom stereocenters. The van der Waals surface area contributed by atoms with Gasteiger partial charge in [-0.3, -0.25) is 4.79 Å². The van der Waals surface area contributed by atoms with Crippen molar-refractivity contribution in [3.05, 3.63) is 59.7 Å². The number of aryl methyl sites for hydroxylation is 1. The Balaban J connectivity index is 1.50. The molecule has 2 aromatic carbocycles. The summed E-state index contributed by atoms with van der Waals surface area (Å²) >= 11 is 0. The number of ether oxygens (including phenoxy) is 3. The molecule has 1 amide bonds. The smallest absolute Gasteiger partial charge is 0.351 e. The Bertz CT molecular complexity index is 802. The van der Waals surface area contributed by atoms with E-state index >= 15 is 0 Å². The molecule has 6 heteroatoms. The lowest BCUT2D eigenvalue weighted by atomic mass is 10.0. The summed E-state index contributed by atoms with van der Waals surface area (Å²) in [5.74, 6) is 0.0969. The molecule has 6 nitrogen and oxygen atoms in total. The summed E-state index contributed by atoms with van der Waals surface area (Å²) in [7, 11) is 0. The maximum atomic E-state index is 12.2. The highest BCUT2D eigenvalue weighted by molar-refractivity contribution is 5.82. The summed E-state index contributed by atoms with van der Waals surface area (Å²) in [6.45, 7) is 3.70. The highest BCUT2D eigenvalue weighted by Gasteiger charge is 2.29. The maximum absolute atomic E-state index is 12.2. The monoisotopic (exact) mass is 369 g/mol. The summed E-state index contributed by atoms with van der Waals surface area (Å²) in [5, 5.41) is 2.89. The molecular weight excluding hydrogens is 346 g/mol. The standard InChI is InChI=1S/C21H23NO5/c1-3-16(15-10-8-14(2)9-11-15)22-20(23)13-26-21(24)19-12-25-17-6-4-5-7-18(17)27-19/h4-11,16,19H,3,12-13H2,1-2H3,(H,22,23)/t16-,19+/m0/s1. The molecule has 27 heavy (non-hydrogen) atoms. The molecule has 142 valence electrons. The Morgan fingerprint density at radius 3 is 2.56 bits per heavy atom. The number of nitrogens with one attached hydrogen (secondary N) is 1. The molecule has 0 bridgehead atoms. The van der Waals surface area contributed by atoms with Gasteiger partial charge in [0.05, 0.1) is 6.04 Å². The van der Waals surface area contributed by atoms with Gasteiger partial charge < -0.3 is 19.5 Å². The zero-order valence-electron chi connectivity index (χ0n) is 15.4. The summed E-state index contributed by atoms with van der Waals surface area (Å²) in [4.78, 5) is 24.3. The lowest BCUT2D eigenvalue weighted by Gasteiger charge is -2.25. The van der Waals surface area contributed by atoms with Crippen molar-refractivity contribution in [3.8, 4) is 11.5 Å². The van der Waals surface area contributed by atoms with Gasteiger partial charge in [0.2, 0.25) is 6.10 Å². The quantitative estimate of drug-likeness (QED) is 0.793. The van der Waals surface area contributed by atoms with E-state index in [1.165, 1.54) is 0 Å². The van der Waals surface area contributed by atoms with Gasteiger partial charge in [-0.25, -0.2) is 4.79 Å². The predicted octanol–water partition coefficient (Wildman–Crippen LogP) is 2.95. The van der Waals surface area contributed by atoms with Gasteiger partial charge in [0.1, 0.15) is 6.61 Å². The molecule has 0 aliphatic carbocycles. The van der Waals surface area contributed by atoms with E-state index < -0.39 is 12.1 Å². The first-order valence-corrected chi connectivity index (χ1v) is 8.98. The Hall–Kier alpha value is -3.02. The van der Waals surface area contributed by atoms with E-state index in [0.29, 0.717) is 11.5 Å². The fourth-order valence-corrected chi connectivity index (χ4v) is 2.82. The molecule has 0 saturated carbocycles. The molecule has 0 saturated heterocycles. The van der Waals surface area contributed by atoms with Crippen molar-refractivity contribution >= 4 is 11.9 Å². The lowest BCUT2D eigenvalue weighted by Crippen LogP contribution is -2.40. The van der Waals surface area contributed by atoms with Gasteiger partial charge in [-0.15, -0.1) is 0 Å². The third-order valence-corrected chi connectivity index (χ3v) is 4.34. The Morgan fingerprint density at radius 2 is 1.85 bits per heavy atom. The summed E-state index contributed by atoms with van der Waals surface area (Å²) in [6.07, 6.45) is -0.147. The van der Waals surface area contributed by atoms with Crippen LogP contribution in [0.4, 0.5) is 0 Å². The first kappa shape index (κ1) is 18.8. The third-order valence-electron chi connectivity index (χ3n) is 4.34. The number of amides is 1. The van der Waals surface area contributed by atoms with Crippen molar-refractivity contribution in [2.45, 2.75) is 32.4 Å². The van der Waals surface area contributed by atoms with Crippen LogP contribution in [0.1, 0.15) is 30.5 Å². The van der Waals surface area contributed by atoms with Crippen LogP contribution in [0.5, 0.6) is 11.5 Å². The number of para-hydroxylation sites is 2. The van der Waals surface area contributed by atoms with Crippen molar-refractivity contribution < 1.29 is 23.8 Å². The van der Waals surface area contributed by atoms with E-state index in [4.69, 9.17) is 14.2 Å². The maximum Gasteiger partial charge on any atom is 0.351 e. The van der Waals surface area contributed by atoms with Gasteiger partial charge in [0.15, 0.2) is 18.1 Å². The first-order chi connectivity index (χ1) is 13.1. The predicted molar refractivity (Wildman–Crippen MR) is 99.7 cm³/mol. The van der Waals surface area contributed by atoms with Crippen LogP contribution in [-0.2, 0) is 14.3 Å². The largest absolute Gasteiger partial charge is 0.485 e.